The van der Waals surface area contributed by atoms with E-state index in [0.29, 0.717) is 5.02 Å². The Morgan fingerprint density at radius 1 is 1.33 bits per heavy atom. The molecule has 1 rings (SSSR count). The third-order valence-corrected chi connectivity index (χ3v) is 4.94. The van der Waals surface area contributed by atoms with Gasteiger partial charge in [-0.3, -0.25) is 0 Å². The highest BCUT2D eigenvalue weighted by atomic mass is 35.5. The van der Waals surface area contributed by atoms with Gasteiger partial charge in [0, 0.05) is 17.7 Å². The second-order valence-electron chi connectivity index (χ2n) is 4.14. The highest BCUT2D eigenvalue weighted by molar-refractivity contribution is 7.89. The second kappa shape index (κ2) is 6.21. The first-order valence-corrected chi connectivity index (χ1v) is 7.60. The molecule has 2 N–H and O–H groups in total. The fourth-order valence-corrected chi connectivity index (χ4v) is 3.38. The number of hydrogen-bond acceptors (Lipinski definition) is 3. The van der Waals surface area contributed by atoms with Crippen LogP contribution in [0.1, 0.15) is 13.8 Å². The summed E-state index contributed by atoms with van der Waals surface area (Å²) in [4.78, 5) is -0.0614. The van der Waals surface area contributed by atoms with Crippen LogP contribution < -0.4 is 4.72 Å². The van der Waals surface area contributed by atoms with E-state index in [-0.39, 0.29) is 22.4 Å². The molecular weight excluding hydrogens is 297 g/mol. The number of aliphatic hydroxyl groups excluding tert-OH is 1. The summed E-state index contributed by atoms with van der Waals surface area (Å²) < 4.78 is 26.7. The smallest absolute Gasteiger partial charge is 0.242 e. The molecule has 102 valence electrons. The maximum Gasteiger partial charge on any atom is 0.242 e. The standard InChI is InChI=1S/C11H15Cl2NO3S/c1-7(6-15)8(2)14-18(16,17)11-5-9(12)3-4-10(11)13/h3-5,7-8,14-15H,6H2,1-2H3. The van der Waals surface area contributed by atoms with E-state index in [9.17, 15) is 8.42 Å². The predicted molar refractivity (Wildman–Crippen MR) is 72.5 cm³/mol. The summed E-state index contributed by atoms with van der Waals surface area (Å²) in [7, 11) is -3.75. The van der Waals surface area contributed by atoms with E-state index in [4.69, 9.17) is 28.3 Å². The zero-order chi connectivity index (χ0) is 13.9. The average molecular weight is 312 g/mol. The van der Waals surface area contributed by atoms with Crippen LogP contribution in [0.2, 0.25) is 10.0 Å². The van der Waals surface area contributed by atoms with E-state index in [0.717, 1.165) is 0 Å². The number of hydrogen-bond donors (Lipinski definition) is 2. The molecule has 0 heterocycles. The first-order valence-electron chi connectivity index (χ1n) is 5.36. The Balaban J connectivity index is 3.03. The molecule has 0 saturated carbocycles. The maximum absolute atomic E-state index is 12.1. The number of rotatable bonds is 5. The summed E-state index contributed by atoms with van der Waals surface area (Å²) in [5.74, 6) is -0.197. The van der Waals surface area contributed by atoms with Gasteiger partial charge in [-0.1, -0.05) is 30.1 Å². The summed E-state index contributed by atoms with van der Waals surface area (Å²) >= 11 is 11.6. The van der Waals surface area contributed by atoms with Crippen LogP contribution in [0.15, 0.2) is 23.1 Å². The van der Waals surface area contributed by atoms with Crippen molar-refractivity contribution in [3.05, 3.63) is 28.2 Å². The molecule has 0 aliphatic heterocycles. The van der Waals surface area contributed by atoms with E-state index in [1.165, 1.54) is 18.2 Å². The van der Waals surface area contributed by atoms with Gasteiger partial charge < -0.3 is 5.11 Å². The van der Waals surface area contributed by atoms with E-state index in [1.807, 2.05) is 0 Å². The zero-order valence-corrected chi connectivity index (χ0v) is 12.4. The highest BCUT2D eigenvalue weighted by Gasteiger charge is 2.23. The minimum atomic E-state index is -3.75. The quantitative estimate of drug-likeness (QED) is 0.876. The number of benzene rings is 1. The van der Waals surface area contributed by atoms with E-state index in [2.05, 4.69) is 4.72 Å². The second-order valence-corrected chi connectivity index (χ2v) is 6.67. The molecule has 0 bridgehead atoms. The monoisotopic (exact) mass is 311 g/mol. The predicted octanol–water partition coefficient (Wildman–Crippen LogP) is 2.29. The molecule has 0 radical (unpaired) electrons. The molecule has 1 aromatic carbocycles. The molecule has 7 heteroatoms. The number of sulfonamides is 1. The zero-order valence-electron chi connectivity index (χ0n) is 10.0. The number of aliphatic hydroxyl groups is 1. The molecule has 0 aliphatic rings. The normalized spacial score (nSPS) is 15.4. The number of nitrogens with one attached hydrogen (secondary N) is 1. The minimum Gasteiger partial charge on any atom is -0.396 e. The Labute approximate surface area is 117 Å². The molecule has 0 fully saturated rings. The number of halogens is 2. The molecule has 2 unspecified atom stereocenters. The molecule has 0 aliphatic carbocycles. The van der Waals surface area contributed by atoms with E-state index >= 15 is 0 Å². The van der Waals surface area contributed by atoms with Crippen LogP contribution in [0, 0.1) is 5.92 Å². The van der Waals surface area contributed by atoms with Gasteiger partial charge in [0.25, 0.3) is 0 Å². The molecule has 0 saturated heterocycles. The summed E-state index contributed by atoms with van der Waals surface area (Å²) in [6, 6.07) is 3.83. The van der Waals surface area contributed by atoms with Crippen molar-refractivity contribution in [2.75, 3.05) is 6.61 Å². The average Bonchev–Trinajstić information content (AvgIpc) is 2.30. The highest BCUT2D eigenvalue weighted by Crippen LogP contribution is 2.25. The van der Waals surface area contributed by atoms with Crippen molar-refractivity contribution in [1.29, 1.82) is 0 Å². The largest absolute Gasteiger partial charge is 0.396 e. The lowest BCUT2D eigenvalue weighted by molar-refractivity contribution is 0.216. The summed E-state index contributed by atoms with van der Waals surface area (Å²) in [5.41, 5.74) is 0. The lowest BCUT2D eigenvalue weighted by Crippen LogP contribution is -2.38. The van der Waals surface area contributed by atoms with Crippen LogP contribution in [-0.2, 0) is 10.0 Å². The maximum atomic E-state index is 12.1. The van der Waals surface area contributed by atoms with Crippen molar-refractivity contribution in [1.82, 2.24) is 4.72 Å². The van der Waals surface area contributed by atoms with Gasteiger partial charge in [-0.25, -0.2) is 13.1 Å². The van der Waals surface area contributed by atoms with Gasteiger partial charge in [0.1, 0.15) is 4.90 Å². The van der Waals surface area contributed by atoms with E-state index in [1.54, 1.807) is 13.8 Å². The molecule has 0 amide bonds. The van der Waals surface area contributed by atoms with Crippen LogP contribution >= 0.6 is 23.2 Å². The summed E-state index contributed by atoms with van der Waals surface area (Å²) in [5, 5.41) is 9.39. The Hall–Kier alpha value is -0.330. The molecule has 0 aromatic heterocycles. The fourth-order valence-electron chi connectivity index (χ4n) is 1.27. The van der Waals surface area contributed by atoms with Crippen molar-refractivity contribution in [3.8, 4) is 0 Å². The molecule has 2 atom stereocenters. The van der Waals surface area contributed by atoms with Crippen molar-refractivity contribution in [3.63, 3.8) is 0 Å². The Morgan fingerprint density at radius 2 is 1.94 bits per heavy atom. The van der Waals surface area contributed by atoms with Gasteiger partial charge in [-0.05, 0) is 31.0 Å². The van der Waals surface area contributed by atoms with Gasteiger partial charge in [-0.2, -0.15) is 0 Å². The van der Waals surface area contributed by atoms with Crippen LogP contribution in [0.25, 0.3) is 0 Å². The Kier molecular flexibility index (Phi) is 5.43. The molecule has 18 heavy (non-hydrogen) atoms. The molecular formula is C11H15Cl2NO3S. The van der Waals surface area contributed by atoms with Crippen molar-refractivity contribution in [2.24, 2.45) is 5.92 Å². The summed E-state index contributed by atoms with van der Waals surface area (Å²) in [6.45, 7) is 3.32. The lowest BCUT2D eigenvalue weighted by atomic mass is 10.1. The topological polar surface area (TPSA) is 66.4 Å². The van der Waals surface area contributed by atoms with Crippen molar-refractivity contribution >= 4 is 33.2 Å². The van der Waals surface area contributed by atoms with Crippen LogP contribution in [0.3, 0.4) is 0 Å². The van der Waals surface area contributed by atoms with Crippen LogP contribution in [0.5, 0.6) is 0 Å². The van der Waals surface area contributed by atoms with Gasteiger partial charge >= 0.3 is 0 Å². The molecule has 1 aromatic rings. The minimum absolute atomic E-state index is 0.0614. The lowest BCUT2D eigenvalue weighted by Gasteiger charge is -2.19. The van der Waals surface area contributed by atoms with Crippen molar-refractivity contribution in [2.45, 2.75) is 24.8 Å². The third kappa shape index (κ3) is 3.83. The summed E-state index contributed by atoms with van der Waals surface area (Å²) in [6.07, 6.45) is 0. The van der Waals surface area contributed by atoms with Crippen LogP contribution in [-0.4, -0.2) is 26.2 Å². The van der Waals surface area contributed by atoms with Gasteiger partial charge in [0.2, 0.25) is 10.0 Å². The SMILES string of the molecule is CC(CO)C(C)NS(=O)(=O)c1cc(Cl)ccc1Cl. The van der Waals surface area contributed by atoms with Gasteiger partial charge in [0.15, 0.2) is 0 Å². The molecule has 0 spiro atoms. The molecule has 4 nitrogen and oxygen atoms in total. The Morgan fingerprint density at radius 3 is 2.50 bits per heavy atom. The first kappa shape index (κ1) is 15.7. The third-order valence-electron chi connectivity index (χ3n) is 2.67. The van der Waals surface area contributed by atoms with Gasteiger partial charge in [-0.15, -0.1) is 0 Å². The Bertz CT molecular complexity index is 519. The van der Waals surface area contributed by atoms with E-state index < -0.39 is 16.1 Å². The fraction of sp³-hybridized carbons (Fsp3) is 0.455. The van der Waals surface area contributed by atoms with Crippen LogP contribution in [0.4, 0.5) is 0 Å². The first-order chi connectivity index (χ1) is 8.27. The van der Waals surface area contributed by atoms with Crippen molar-refractivity contribution < 1.29 is 13.5 Å². The van der Waals surface area contributed by atoms with Gasteiger partial charge in [0.05, 0.1) is 5.02 Å².